The highest BCUT2D eigenvalue weighted by Gasteiger charge is 2.45. The maximum absolute atomic E-state index is 12.5. The minimum absolute atomic E-state index is 0. The van der Waals surface area contributed by atoms with Crippen molar-refractivity contribution in [3.63, 3.8) is 0 Å². The molecular weight excluding hydrogens is 433 g/mol. The van der Waals surface area contributed by atoms with E-state index in [-0.39, 0.29) is 35.0 Å². The molecule has 0 spiro atoms. The lowest BCUT2D eigenvalue weighted by Crippen LogP contribution is -2.61. The molecule has 9 heteroatoms. The van der Waals surface area contributed by atoms with Gasteiger partial charge in [-0.25, -0.2) is 8.42 Å². The molecule has 1 saturated carbocycles. The molecule has 1 aromatic rings. The van der Waals surface area contributed by atoms with Crippen molar-refractivity contribution in [3.05, 3.63) is 35.9 Å². The molecule has 1 saturated heterocycles. The first-order valence-corrected chi connectivity index (χ1v) is 12.1. The molecule has 1 heterocycles. The van der Waals surface area contributed by atoms with Crippen molar-refractivity contribution < 1.29 is 13.2 Å². The number of amides is 1. The second-order valence-corrected chi connectivity index (χ2v) is 10.5. The quantitative estimate of drug-likeness (QED) is 0.631. The van der Waals surface area contributed by atoms with Gasteiger partial charge in [-0.15, -0.1) is 24.0 Å². The Bertz CT molecular complexity index is 770. The maximum atomic E-state index is 12.5. The van der Waals surface area contributed by atoms with E-state index in [4.69, 9.17) is 11.6 Å². The van der Waals surface area contributed by atoms with Gasteiger partial charge in [0.2, 0.25) is 10.0 Å². The Kier molecular flexibility index (Phi) is 8.79. The van der Waals surface area contributed by atoms with Crippen molar-refractivity contribution >= 4 is 39.9 Å². The van der Waals surface area contributed by atoms with Crippen LogP contribution in [0, 0.1) is 0 Å². The van der Waals surface area contributed by atoms with E-state index in [1.807, 2.05) is 25.1 Å². The monoisotopic (exact) mass is 463 g/mol. The van der Waals surface area contributed by atoms with Gasteiger partial charge in [0.15, 0.2) is 0 Å². The third-order valence-corrected chi connectivity index (χ3v) is 8.35. The Morgan fingerprint density at radius 3 is 2.41 bits per heavy atom. The predicted octanol–water partition coefficient (Wildman–Crippen LogP) is 2.73. The van der Waals surface area contributed by atoms with Crippen LogP contribution in [-0.4, -0.2) is 72.9 Å². The summed E-state index contributed by atoms with van der Waals surface area (Å²) in [5.41, 5.74) is 0.450. The largest absolute Gasteiger partial charge is 0.350 e. The molecule has 2 unspecified atom stereocenters. The van der Waals surface area contributed by atoms with Gasteiger partial charge >= 0.3 is 0 Å². The van der Waals surface area contributed by atoms with Gasteiger partial charge in [0, 0.05) is 49.2 Å². The molecule has 164 valence electrons. The predicted molar refractivity (Wildman–Crippen MR) is 119 cm³/mol. The fraction of sp³-hybridized carbons (Fsp3) is 0.650. The van der Waals surface area contributed by atoms with Crippen LogP contribution < -0.4 is 5.32 Å². The van der Waals surface area contributed by atoms with Crippen LogP contribution in [0.1, 0.15) is 43.0 Å². The molecule has 1 amide bonds. The summed E-state index contributed by atoms with van der Waals surface area (Å²) in [6.07, 6.45) is 3.27. The van der Waals surface area contributed by atoms with Crippen molar-refractivity contribution in [1.82, 2.24) is 14.5 Å². The van der Waals surface area contributed by atoms with E-state index in [1.165, 1.54) is 0 Å². The lowest BCUT2D eigenvalue weighted by Gasteiger charge is -2.46. The summed E-state index contributed by atoms with van der Waals surface area (Å²) < 4.78 is 26.3. The minimum Gasteiger partial charge on any atom is -0.350 e. The summed E-state index contributed by atoms with van der Waals surface area (Å²) in [4.78, 5) is 14.9. The summed E-state index contributed by atoms with van der Waals surface area (Å²) in [5, 5.41) is 3.18. The zero-order valence-corrected chi connectivity index (χ0v) is 19.2. The zero-order chi connectivity index (χ0) is 20.2. The average molecular weight is 464 g/mol. The summed E-state index contributed by atoms with van der Waals surface area (Å²) >= 11 is 6.44. The molecule has 2 aliphatic rings. The highest BCUT2D eigenvalue weighted by Crippen LogP contribution is 2.38. The van der Waals surface area contributed by atoms with Gasteiger partial charge in [0.05, 0.1) is 5.75 Å². The number of carbonyl (C=O) groups excluding carboxylic acids is 1. The smallest absolute Gasteiger partial charge is 0.251 e. The van der Waals surface area contributed by atoms with E-state index in [9.17, 15) is 13.2 Å². The number of hydrogen-bond acceptors (Lipinski definition) is 4. The van der Waals surface area contributed by atoms with Crippen LogP contribution in [0.2, 0.25) is 0 Å². The van der Waals surface area contributed by atoms with E-state index in [0.29, 0.717) is 44.7 Å². The molecule has 1 aliphatic carbocycles. The summed E-state index contributed by atoms with van der Waals surface area (Å²) in [5.74, 6) is 0.122. The number of nitrogens with one attached hydrogen (secondary N) is 1. The molecule has 3 rings (SSSR count). The van der Waals surface area contributed by atoms with Gasteiger partial charge < -0.3 is 5.32 Å². The van der Waals surface area contributed by atoms with Crippen LogP contribution >= 0.6 is 24.0 Å². The molecule has 1 N–H and O–H groups in total. The third-order valence-electron chi connectivity index (χ3n) is 5.90. The van der Waals surface area contributed by atoms with Crippen molar-refractivity contribution in [1.29, 1.82) is 0 Å². The number of alkyl halides is 1. The van der Waals surface area contributed by atoms with Crippen molar-refractivity contribution in [3.8, 4) is 0 Å². The van der Waals surface area contributed by atoms with Gasteiger partial charge in [-0.1, -0.05) is 25.1 Å². The van der Waals surface area contributed by atoms with E-state index in [2.05, 4.69) is 10.2 Å². The Morgan fingerprint density at radius 2 is 1.86 bits per heavy atom. The summed E-state index contributed by atoms with van der Waals surface area (Å²) in [6, 6.07) is 9.20. The maximum Gasteiger partial charge on any atom is 0.251 e. The number of sulfonamides is 1. The van der Waals surface area contributed by atoms with Crippen molar-refractivity contribution in [2.75, 3.05) is 38.5 Å². The topological polar surface area (TPSA) is 69.7 Å². The molecule has 2 atom stereocenters. The molecule has 0 aromatic heterocycles. The minimum atomic E-state index is -3.16. The first kappa shape index (κ1) is 24.4. The lowest BCUT2D eigenvalue weighted by atomic mass is 9.93. The molecule has 1 aromatic carbocycles. The van der Waals surface area contributed by atoms with Crippen LogP contribution in [0.5, 0.6) is 0 Å². The number of carbonyl (C=O) groups is 1. The first-order chi connectivity index (χ1) is 13.4. The third kappa shape index (κ3) is 5.85. The van der Waals surface area contributed by atoms with Crippen LogP contribution in [0.25, 0.3) is 0 Å². The fourth-order valence-electron chi connectivity index (χ4n) is 4.37. The number of nitrogens with zero attached hydrogens (tertiary/aromatic N) is 2. The molecular formula is C20H31Cl2N3O3S. The Labute approximate surface area is 185 Å². The molecule has 2 fully saturated rings. The summed E-state index contributed by atoms with van der Waals surface area (Å²) in [7, 11) is -3.16. The van der Waals surface area contributed by atoms with Crippen LogP contribution in [0.4, 0.5) is 0 Å². The van der Waals surface area contributed by atoms with Crippen LogP contribution in [-0.2, 0) is 10.0 Å². The van der Waals surface area contributed by atoms with Crippen LogP contribution in [0.3, 0.4) is 0 Å². The van der Waals surface area contributed by atoms with Gasteiger partial charge in [-0.2, -0.15) is 4.31 Å². The van der Waals surface area contributed by atoms with Gasteiger partial charge in [0.1, 0.15) is 0 Å². The van der Waals surface area contributed by atoms with E-state index < -0.39 is 10.0 Å². The second-order valence-electron chi connectivity index (χ2n) is 7.82. The van der Waals surface area contributed by atoms with Crippen LogP contribution in [0.15, 0.2) is 30.3 Å². The van der Waals surface area contributed by atoms with E-state index in [0.717, 1.165) is 19.3 Å². The zero-order valence-electron chi connectivity index (χ0n) is 16.8. The normalized spacial score (nSPS) is 26.1. The number of rotatable bonds is 7. The SMILES string of the molecule is CCCS(=O)(=O)N1CCN(C2(CNC(=O)c3ccccc3)CCC(Cl)C2)CC1.Cl. The molecule has 0 radical (unpaired) electrons. The molecule has 1 aliphatic heterocycles. The number of benzene rings is 1. The number of hydrogen-bond donors (Lipinski definition) is 1. The lowest BCUT2D eigenvalue weighted by molar-refractivity contribution is 0.0542. The van der Waals surface area contributed by atoms with E-state index >= 15 is 0 Å². The Morgan fingerprint density at radius 1 is 1.21 bits per heavy atom. The standard InChI is InChI=1S/C20H30ClN3O3S.ClH/c1-2-14-28(26,27)24-12-10-23(11-13-24)20(9-8-18(21)15-20)16-22-19(25)17-6-4-3-5-7-17;/h3-7,18H,2,8-16H2,1H3,(H,22,25);1H. The second kappa shape index (κ2) is 10.4. The number of piperazine rings is 1. The number of halogens is 2. The van der Waals surface area contributed by atoms with Gasteiger partial charge in [-0.05, 0) is 37.8 Å². The Balaban J connectivity index is 0.00000300. The molecule has 29 heavy (non-hydrogen) atoms. The van der Waals surface area contributed by atoms with Gasteiger partial charge in [-0.3, -0.25) is 9.69 Å². The highest BCUT2D eigenvalue weighted by atomic mass is 35.5. The van der Waals surface area contributed by atoms with Crippen molar-refractivity contribution in [2.45, 2.75) is 43.5 Å². The summed E-state index contributed by atoms with van der Waals surface area (Å²) in [6.45, 7) is 4.78. The Hall–Kier alpha value is -0.860. The first-order valence-electron chi connectivity index (χ1n) is 10.1. The van der Waals surface area contributed by atoms with Gasteiger partial charge in [0.25, 0.3) is 5.91 Å². The molecule has 0 bridgehead atoms. The molecule has 6 nitrogen and oxygen atoms in total. The van der Waals surface area contributed by atoms with Crippen molar-refractivity contribution in [2.24, 2.45) is 0 Å². The highest BCUT2D eigenvalue weighted by molar-refractivity contribution is 7.89. The average Bonchev–Trinajstić information content (AvgIpc) is 3.09. The fourth-order valence-corrected chi connectivity index (χ4v) is 6.26. The van der Waals surface area contributed by atoms with E-state index in [1.54, 1.807) is 16.4 Å².